The normalized spacial score (nSPS) is 27.7. The average Bonchev–Trinajstić information content (AvgIpc) is 1.90. The highest BCUT2D eigenvalue weighted by Crippen LogP contribution is 2.51. The molecule has 2 rings (SSSR count). The molecule has 2 nitrogen and oxygen atoms in total. The maximum absolute atomic E-state index is 2.60. The van der Waals surface area contributed by atoms with Gasteiger partial charge in [-0.3, -0.25) is 0 Å². The number of hydrogen-bond donors (Lipinski definition) is 0. The second kappa shape index (κ2) is 3.25. The highest BCUT2D eigenvalue weighted by molar-refractivity contribution is 5.02. The van der Waals surface area contributed by atoms with Crippen molar-refractivity contribution >= 4 is 0 Å². The van der Waals surface area contributed by atoms with Crippen LogP contribution in [0.4, 0.5) is 0 Å². The molecule has 76 valence electrons. The molecule has 0 atom stereocenters. The molecule has 1 aliphatic heterocycles. The van der Waals surface area contributed by atoms with Crippen molar-refractivity contribution in [2.75, 3.05) is 40.3 Å². The van der Waals surface area contributed by atoms with Gasteiger partial charge in [-0.1, -0.05) is 6.92 Å². The van der Waals surface area contributed by atoms with Crippen LogP contribution in [0, 0.1) is 11.3 Å². The first kappa shape index (κ1) is 9.47. The van der Waals surface area contributed by atoms with Gasteiger partial charge >= 0.3 is 0 Å². The van der Waals surface area contributed by atoms with E-state index in [0.717, 1.165) is 11.3 Å². The Balaban J connectivity index is 1.62. The molecule has 1 spiro atoms. The van der Waals surface area contributed by atoms with Crippen molar-refractivity contribution in [3.63, 3.8) is 0 Å². The first-order valence-corrected chi connectivity index (χ1v) is 5.47. The van der Waals surface area contributed by atoms with Crippen molar-refractivity contribution in [3.8, 4) is 0 Å². The summed E-state index contributed by atoms with van der Waals surface area (Å²) in [5.41, 5.74) is 0.783. The maximum atomic E-state index is 2.60. The van der Waals surface area contributed by atoms with Gasteiger partial charge in [0.1, 0.15) is 0 Å². The Morgan fingerprint density at radius 1 is 1.31 bits per heavy atom. The van der Waals surface area contributed by atoms with Crippen molar-refractivity contribution in [2.45, 2.75) is 19.8 Å². The van der Waals surface area contributed by atoms with Gasteiger partial charge < -0.3 is 9.80 Å². The third kappa shape index (κ3) is 1.89. The number of likely N-dealkylation sites (N-methyl/N-ethyl adjacent to an activating group) is 1. The molecule has 0 N–H and O–H groups in total. The molecule has 0 aromatic carbocycles. The largest absolute Gasteiger partial charge is 0.308 e. The Kier molecular flexibility index (Phi) is 2.37. The number of likely N-dealkylation sites (tertiary alicyclic amines) is 1. The lowest BCUT2D eigenvalue weighted by Crippen LogP contribution is -2.62. The quantitative estimate of drug-likeness (QED) is 0.649. The van der Waals surface area contributed by atoms with E-state index in [-0.39, 0.29) is 0 Å². The molecule has 13 heavy (non-hydrogen) atoms. The van der Waals surface area contributed by atoms with Crippen LogP contribution in [0.15, 0.2) is 0 Å². The van der Waals surface area contributed by atoms with Crippen molar-refractivity contribution in [3.05, 3.63) is 0 Å². The summed E-state index contributed by atoms with van der Waals surface area (Å²) in [6.07, 6.45) is 2.98. The minimum absolute atomic E-state index is 0.783. The topological polar surface area (TPSA) is 6.48 Å². The minimum atomic E-state index is 0.783. The number of rotatable bonds is 3. The number of nitrogens with zero attached hydrogens (tertiary/aromatic N) is 2. The molecule has 1 saturated carbocycles. The summed E-state index contributed by atoms with van der Waals surface area (Å²) in [5, 5.41) is 0. The predicted molar refractivity (Wildman–Crippen MR) is 55.8 cm³/mol. The molecular weight excluding hydrogens is 160 g/mol. The first-order valence-electron chi connectivity index (χ1n) is 5.47. The van der Waals surface area contributed by atoms with Gasteiger partial charge in [0.25, 0.3) is 0 Å². The fourth-order valence-corrected chi connectivity index (χ4v) is 3.08. The lowest BCUT2D eigenvalue weighted by atomic mass is 9.58. The van der Waals surface area contributed by atoms with Crippen LogP contribution >= 0.6 is 0 Å². The minimum Gasteiger partial charge on any atom is -0.308 e. The van der Waals surface area contributed by atoms with E-state index < -0.39 is 0 Å². The van der Waals surface area contributed by atoms with E-state index >= 15 is 0 Å². The van der Waals surface area contributed by atoms with Crippen LogP contribution in [0.2, 0.25) is 0 Å². The standard InChI is InChI=1S/C11H22N2/c1-10-6-11(7-10)8-13(9-11)5-4-12(2)3/h10H,4-9H2,1-3H3. The predicted octanol–water partition coefficient (Wildman–Crippen LogP) is 1.28. The van der Waals surface area contributed by atoms with Gasteiger partial charge in [-0.25, -0.2) is 0 Å². The van der Waals surface area contributed by atoms with E-state index in [1.54, 1.807) is 0 Å². The summed E-state index contributed by atoms with van der Waals surface area (Å²) in [5.74, 6) is 1.01. The van der Waals surface area contributed by atoms with Crippen molar-refractivity contribution < 1.29 is 0 Å². The average molecular weight is 182 g/mol. The molecule has 1 aliphatic carbocycles. The highest BCUT2D eigenvalue weighted by Gasteiger charge is 2.50. The van der Waals surface area contributed by atoms with Gasteiger partial charge in [0.2, 0.25) is 0 Å². The summed E-state index contributed by atoms with van der Waals surface area (Å²) < 4.78 is 0. The third-order valence-corrected chi connectivity index (χ3v) is 3.54. The van der Waals surface area contributed by atoms with Crippen LogP contribution < -0.4 is 0 Å². The molecule has 0 aromatic rings. The molecule has 0 unspecified atom stereocenters. The summed E-state index contributed by atoms with van der Waals surface area (Å²) in [4.78, 5) is 4.88. The van der Waals surface area contributed by atoms with Crippen LogP contribution in [0.25, 0.3) is 0 Å². The van der Waals surface area contributed by atoms with Crippen molar-refractivity contribution in [1.82, 2.24) is 9.80 Å². The van der Waals surface area contributed by atoms with Crippen molar-refractivity contribution in [2.24, 2.45) is 11.3 Å². The van der Waals surface area contributed by atoms with Gasteiger partial charge in [-0.15, -0.1) is 0 Å². The van der Waals surface area contributed by atoms with Crippen LogP contribution in [-0.4, -0.2) is 50.1 Å². The SMILES string of the molecule is CC1CC2(C1)CN(CCN(C)C)C2. The van der Waals surface area contributed by atoms with E-state index in [2.05, 4.69) is 30.8 Å². The molecule has 2 aliphatic rings. The summed E-state index contributed by atoms with van der Waals surface area (Å²) in [6.45, 7) is 7.62. The monoisotopic (exact) mass is 182 g/mol. The number of hydrogen-bond acceptors (Lipinski definition) is 2. The van der Waals surface area contributed by atoms with E-state index in [9.17, 15) is 0 Å². The van der Waals surface area contributed by atoms with Gasteiger partial charge in [-0.2, -0.15) is 0 Å². The second-order valence-electron chi connectivity index (χ2n) is 5.53. The summed E-state index contributed by atoms with van der Waals surface area (Å²) in [6, 6.07) is 0. The lowest BCUT2D eigenvalue weighted by Gasteiger charge is -2.59. The van der Waals surface area contributed by atoms with Gasteiger partial charge in [0.15, 0.2) is 0 Å². The smallest absolute Gasteiger partial charge is 0.0110 e. The van der Waals surface area contributed by atoms with Crippen molar-refractivity contribution in [1.29, 1.82) is 0 Å². The molecule has 2 heteroatoms. The molecule has 0 bridgehead atoms. The van der Waals surface area contributed by atoms with Crippen LogP contribution in [0.1, 0.15) is 19.8 Å². The Morgan fingerprint density at radius 3 is 2.38 bits per heavy atom. The second-order valence-corrected chi connectivity index (χ2v) is 5.53. The van der Waals surface area contributed by atoms with Crippen LogP contribution in [0.5, 0.6) is 0 Å². The molecule has 1 saturated heterocycles. The molecule has 0 aromatic heterocycles. The zero-order valence-electron chi connectivity index (χ0n) is 9.21. The van der Waals surface area contributed by atoms with Gasteiger partial charge in [0.05, 0.1) is 0 Å². The Morgan fingerprint density at radius 2 is 1.92 bits per heavy atom. The molecule has 0 amide bonds. The fourth-order valence-electron chi connectivity index (χ4n) is 3.08. The molecule has 2 fully saturated rings. The van der Waals surface area contributed by atoms with E-state index in [4.69, 9.17) is 0 Å². The lowest BCUT2D eigenvalue weighted by molar-refractivity contribution is -0.0899. The summed E-state index contributed by atoms with van der Waals surface area (Å²) >= 11 is 0. The fraction of sp³-hybridized carbons (Fsp3) is 1.00. The summed E-state index contributed by atoms with van der Waals surface area (Å²) in [7, 11) is 4.31. The molecule has 1 heterocycles. The van der Waals surface area contributed by atoms with E-state index in [1.807, 2.05) is 0 Å². The Bertz CT molecular complexity index is 175. The van der Waals surface area contributed by atoms with E-state index in [1.165, 1.54) is 39.0 Å². The zero-order chi connectivity index (χ0) is 9.47. The highest BCUT2D eigenvalue weighted by atomic mass is 15.2. The Labute approximate surface area is 81.9 Å². The molecule has 0 radical (unpaired) electrons. The zero-order valence-corrected chi connectivity index (χ0v) is 9.21. The van der Waals surface area contributed by atoms with E-state index in [0.29, 0.717) is 0 Å². The van der Waals surface area contributed by atoms with Crippen LogP contribution in [0.3, 0.4) is 0 Å². The maximum Gasteiger partial charge on any atom is 0.0110 e. The first-order chi connectivity index (χ1) is 6.10. The van der Waals surface area contributed by atoms with Gasteiger partial charge in [0, 0.05) is 26.2 Å². The Hall–Kier alpha value is -0.0800. The molecular formula is C11H22N2. The third-order valence-electron chi connectivity index (χ3n) is 3.54. The van der Waals surface area contributed by atoms with Gasteiger partial charge in [-0.05, 0) is 38.3 Å². The van der Waals surface area contributed by atoms with Crippen LogP contribution in [-0.2, 0) is 0 Å².